The first-order valence-corrected chi connectivity index (χ1v) is 8.56. The highest BCUT2D eigenvalue weighted by Crippen LogP contribution is 2.18. The molecule has 5 heteroatoms. The Bertz CT molecular complexity index is 263. The zero-order valence-corrected chi connectivity index (χ0v) is 15.4. The van der Waals surface area contributed by atoms with Crippen molar-refractivity contribution in [2.45, 2.75) is 84.8 Å². The van der Waals surface area contributed by atoms with Crippen molar-refractivity contribution in [1.29, 1.82) is 0 Å². The summed E-state index contributed by atoms with van der Waals surface area (Å²) in [5.41, 5.74) is 5.28. The van der Waals surface area contributed by atoms with E-state index in [1.165, 1.54) is 0 Å². The van der Waals surface area contributed by atoms with Crippen LogP contribution in [0.15, 0.2) is 0 Å². The van der Waals surface area contributed by atoms with E-state index in [-0.39, 0.29) is 11.9 Å². The molecule has 1 unspecified atom stereocenters. The lowest BCUT2D eigenvalue weighted by molar-refractivity contribution is -0.156. The third-order valence-corrected chi connectivity index (χ3v) is 3.43. The fourth-order valence-corrected chi connectivity index (χ4v) is 2.19. The summed E-state index contributed by atoms with van der Waals surface area (Å²) in [6.07, 6.45) is 3.23. The molecule has 0 radical (unpaired) electrons. The zero-order chi connectivity index (χ0) is 17.1. The van der Waals surface area contributed by atoms with E-state index < -0.39 is 5.72 Å². The minimum atomic E-state index is -0.542. The molecule has 22 heavy (non-hydrogen) atoms. The van der Waals surface area contributed by atoms with Crippen LogP contribution in [0.1, 0.15) is 67.2 Å². The summed E-state index contributed by atoms with van der Waals surface area (Å²) in [7, 11) is 0. The van der Waals surface area contributed by atoms with Crippen LogP contribution in [0.4, 0.5) is 0 Å². The molecule has 1 atom stereocenters. The number of hydrogen-bond acceptors (Lipinski definition) is 5. The fourth-order valence-electron chi connectivity index (χ4n) is 2.19. The third kappa shape index (κ3) is 11.4. The lowest BCUT2D eigenvalue weighted by atomic mass is 10.1. The summed E-state index contributed by atoms with van der Waals surface area (Å²) >= 11 is 0. The van der Waals surface area contributed by atoms with Gasteiger partial charge in [0.05, 0.1) is 18.8 Å². The molecule has 0 aliphatic rings. The van der Waals surface area contributed by atoms with Gasteiger partial charge < -0.3 is 24.7 Å². The summed E-state index contributed by atoms with van der Waals surface area (Å²) in [5, 5.41) is 0. The van der Waals surface area contributed by atoms with E-state index in [2.05, 4.69) is 20.8 Å². The quantitative estimate of drug-likeness (QED) is 0.497. The van der Waals surface area contributed by atoms with Crippen molar-refractivity contribution < 1.29 is 18.9 Å². The second kappa shape index (κ2) is 11.4. The zero-order valence-electron chi connectivity index (χ0n) is 15.4. The number of hydrogen-bond donors (Lipinski definition) is 1. The van der Waals surface area contributed by atoms with Crippen LogP contribution in [-0.2, 0) is 18.9 Å². The summed E-state index contributed by atoms with van der Waals surface area (Å²) in [6.45, 7) is 14.6. The molecule has 2 N–H and O–H groups in total. The first kappa shape index (κ1) is 21.8. The SMILES string of the molecule is CCCC(C)(N)OCCC(C)(C)OCCC(OCC)OCC. The van der Waals surface area contributed by atoms with Gasteiger partial charge in [0, 0.05) is 19.6 Å². The molecule has 0 aromatic heterocycles. The Balaban J connectivity index is 3.98. The van der Waals surface area contributed by atoms with Crippen LogP contribution < -0.4 is 5.73 Å². The molecule has 0 rings (SSSR count). The first-order chi connectivity index (χ1) is 10.3. The molecule has 0 spiro atoms. The molecule has 0 saturated heterocycles. The van der Waals surface area contributed by atoms with Gasteiger partial charge in [0.2, 0.25) is 0 Å². The molecular weight excluding hydrogens is 282 g/mol. The van der Waals surface area contributed by atoms with Crippen LogP contribution in [0, 0.1) is 0 Å². The maximum Gasteiger partial charge on any atom is 0.159 e. The maximum absolute atomic E-state index is 6.07. The minimum Gasteiger partial charge on any atom is -0.375 e. The topological polar surface area (TPSA) is 62.9 Å². The Morgan fingerprint density at radius 2 is 1.45 bits per heavy atom. The summed E-state index contributed by atoms with van der Waals surface area (Å²) in [5.74, 6) is 0. The Morgan fingerprint density at radius 3 is 1.95 bits per heavy atom. The third-order valence-electron chi connectivity index (χ3n) is 3.43. The highest BCUT2D eigenvalue weighted by Gasteiger charge is 2.23. The Kier molecular flexibility index (Phi) is 11.3. The molecule has 0 fully saturated rings. The Labute approximate surface area is 136 Å². The summed E-state index contributed by atoms with van der Waals surface area (Å²) < 4.78 is 22.7. The second-order valence-corrected chi connectivity index (χ2v) is 6.40. The van der Waals surface area contributed by atoms with Crippen LogP contribution in [0.3, 0.4) is 0 Å². The maximum atomic E-state index is 6.07. The van der Waals surface area contributed by atoms with Crippen molar-refractivity contribution in [2.24, 2.45) is 5.73 Å². The van der Waals surface area contributed by atoms with Crippen LogP contribution in [0.2, 0.25) is 0 Å². The van der Waals surface area contributed by atoms with Crippen molar-refractivity contribution in [2.75, 3.05) is 26.4 Å². The van der Waals surface area contributed by atoms with Crippen LogP contribution in [0.5, 0.6) is 0 Å². The van der Waals surface area contributed by atoms with E-state index in [9.17, 15) is 0 Å². The van der Waals surface area contributed by atoms with E-state index >= 15 is 0 Å². The standard InChI is InChI=1S/C17H37NO4/c1-7-11-17(6,18)22-14-12-16(4,5)21-13-10-15(19-8-2)20-9-3/h15H,7-14,18H2,1-6H3. The second-order valence-electron chi connectivity index (χ2n) is 6.40. The molecule has 0 aromatic carbocycles. The van der Waals surface area contributed by atoms with E-state index in [4.69, 9.17) is 24.7 Å². The van der Waals surface area contributed by atoms with Gasteiger partial charge in [-0.25, -0.2) is 0 Å². The number of nitrogens with two attached hydrogens (primary N) is 1. The average Bonchev–Trinajstić information content (AvgIpc) is 2.38. The van der Waals surface area contributed by atoms with Crippen molar-refractivity contribution in [1.82, 2.24) is 0 Å². The average molecular weight is 319 g/mol. The van der Waals surface area contributed by atoms with Gasteiger partial charge in [0.1, 0.15) is 5.72 Å². The molecule has 0 heterocycles. The van der Waals surface area contributed by atoms with E-state index in [1.807, 2.05) is 20.8 Å². The highest BCUT2D eigenvalue weighted by molar-refractivity contribution is 4.71. The number of ether oxygens (including phenoxy) is 4. The smallest absolute Gasteiger partial charge is 0.159 e. The normalized spacial score (nSPS) is 15.3. The van der Waals surface area contributed by atoms with Crippen molar-refractivity contribution in [3.05, 3.63) is 0 Å². The van der Waals surface area contributed by atoms with Crippen molar-refractivity contribution in [3.63, 3.8) is 0 Å². The lowest BCUT2D eigenvalue weighted by Gasteiger charge is -2.30. The van der Waals surface area contributed by atoms with Crippen LogP contribution in [0.25, 0.3) is 0 Å². The Morgan fingerprint density at radius 1 is 0.864 bits per heavy atom. The molecule has 134 valence electrons. The fraction of sp³-hybridized carbons (Fsp3) is 1.00. The molecule has 0 amide bonds. The predicted octanol–water partition coefficient (Wildman–Crippen LogP) is 3.45. The molecule has 0 saturated carbocycles. The lowest BCUT2D eigenvalue weighted by Crippen LogP contribution is -2.40. The summed E-state index contributed by atoms with van der Waals surface area (Å²) in [4.78, 5) is 0. The summed E-state index contributed by atoms with van der Waals surface area (Å²) in [6, 6.07) is 0. The first-order valence-electron chi connectivity index (χ1n) is 8.56. The minimum absolute atomic E-state index is 0.182. The van der Waals surface area contributed by atoms with Gasteiger partial charge in [0.15, 0.2) is 6.29 Å². The van der Waals surface area contributed by atoms with E-state index in [0.29, 0.717) is 26.4 Å². The van der Waals surface area contributed by atoms with Crippen molar-refractivity contribution >= 4 is 0 Å². The number of rotatable bonds is 14. The van der Waals surface area contributed by atoms with E-state index in [0.717, 1.165) is 25.7 Å². The Hall–Kier alpha value is -0.200. The predicted molar refractivity (Wildman–Crippen MR) is 89.8 cm³/mol. The van der Waals surface area contributed by atoms with Gasteiger partial charge >= 0.3 is 0 Å². The largest absolute Gasteiger partial charge is 0.375 e. The van der Waals surface area contributed by atoms with Crippen LogP contribution >= 0.6 is 0 Å². The molecule has 0 aliphatic carbocycles. The van der Waals surface area contributed by atoms with E-state index in [1.54, 1.807) is 0 Å². The van der Waals surface area contributed by atoms with Crippen LogP contribution in [-0.4, -0.2) is 44.0 Å². The van der Waals surface area contributed by atoms with Gasteiger partial charge in [-0.2, -0.15) is 0 Å². The van der Waals surface area contributed by atoms with Gasteiger partial charge in [-0.15, -0.1) is 0 Å². The van der Waals surface area contributed by atoms with Gasteiger partial charge in [-0.3, -0.25) is 0 Å². The molecular formula is C17H37NO4. The van der Waals surface area contributed by atoms with Gasteiger partial charge in [-0.05, 0) is 47.5 Å². The molecule has 0 aliphatic heterocycles. The van der Waals surface area contributed by atoms with Crippen molar-refractivity contribution in [3.8, 4) is 0 Å². The molecule has 0 aromatic rings. The van der Waals surface area contributed by atoms with Gasteiger partial charge in [0.25, 0.3) is 0 Å². The van der Waals surface area contributed by atoms with Gasteiger partial charge in [-0.1, -0.05) is 13.3 Å². The highest BCUT2D eigenvalue weighted by atomic mass is 16.7. The molecule has 0 bridgehead atoms. The monoisotopic (exact) mass is 319 g/mol. The molecule has 5 nitrogen and oxygen atoms in total.